The van der Waals surface area contributed by atoms with Gasteiger partial charge in [-0.3, -0.25) is 24.1 Å². The molecule has 0 radical (unpaired) electrons. The second-order valence-corrected chi connectivity index (χ2v) is 15.2. The van der Waals surface area contributed by atoms with E-state index >= 15 is 0 Å². The number of nitrogens with zero attached hydrogens (tertiary/aromatic N) is 5. The number of aromatic amines is 1. The fourth-order valence-corrected chi connectivity index (χ4v) is 8.48. The third kappa shape index (κ3) is 8.08. The Morgan fingerprint density at radius 3 is 1.96 bits per heavy atom. The van der Waals surface area contributed by atoms with Crippen molar-refractivity contribution in [1.29, 1.82) is 0 Å². The van der Waals surface area contributed by atoms with E-state index in [2.05, 4.69) is 111 Å². The smallest absolute Gasteiger partial charge is 0.330 e. The predicted octanol–water partition coefficient (Wildman–Crippen LogP) is 4.70. The molecule has 12 heteroatoms. The molecule has 3 unspecified atom stereocenters. The van der Waals surface area contributed by atoms with E-state index in [-0.39, 0.29) is 6.61 Å². The van der Waals surface area contributed by atoms with Crippen molar-refractivity contribution in [2.75, 3.05) is 73.1 Å². The summed E-state index contributed by atoms with van der Waals surface area (Å²) in [5, 5.41) is 0. The van der Waals surface area contributed by atoms with Crippen LogP contribution in [0.5, 0.6) is 0 Å². The third-order valence-corrected chi connectivity index (χ3v) is 11.6. The predicted molar refractivity (Wildman–Crippen MR) is 196 cm³/mol. The van der Waals surface area contributed by atoms with Crippen molar-refractivity contribution < 1.29 is 9.26 Å². The number of rotatable bonds is 12. The summed E-state index contributed by atoms with van der Waals surface area (Å²) in [7, 11) is 2.82. The second-order valence-electron chi connectivity index (χ2n) is 13.0. The third-order valence-electron chi connectivity index (χ3n) is 9.46. The molecule has 3 aromatic carbocycles. The molecular formula is C37H46ClN6O4P. The van der Waals surface area contributed by atoms with Crippen LogP contribution in [0.25, 0.3) is 0 Å². The zero-order valence-electron chi connectivity index (χ0n) is 28.5. The molecule has 0 saturated carbocycles. The van der Waals surface area contributed by atoms with Crippen molar-refractivity contribution in [3.63, 3.8) is 0 Å². The molecule has 6 rings (SSSR count). The van der Waals surface area contributed by atoms with Gasteiger partial charge in [-0.05, 0) is 49.0 Å². The summed E-state index contributed by atoms with van der Waals surface area (Å²) >= 11 is 6.96. The summed E-state index contributed by atoms with van der Waals surface area (Å²) in [6.45, 7) is 8.44. The maximum Gasteiger partial charge on any atom is 0.330 e. The number of aryl methyl sites for hydroxylation is 1. The quantitative estimate of drug-likeness (QED) is 0.168. The highest BCUT2D eigenvalue weighted by Gasteiger charge is 2.46. The first-order chi connectivity index (χ1) is 23.8. The van der Waals surface area contributed by atoms with Crippen molar-refractivity contribution in [2.24, 2.45) is 0 Å². The monoisotopic (exact) mass is 704 g/mol. The molecule has 4 aromatic rings. The summed E-state index contributed by atoms with van der Waals surface area (Å²) in [5.74, 6) is 0. The van der Waals surface area contributed by atoms with Crippen LogP contribution in [0.1, 0.15) is 28.5 Å². The van der Waals surface area contributed by atoms with Gasteiger partial charge in [0.1, 0.15) is 0 Å². The standard InChI is InChI=1S/C37H46ClN6O4P/c1-29-25-44(36(46)39-35(29)45)34-27-42(26-33(48-34)28-47-49(38)43-23-21-41(22-24-43)20-19-40(2)3)37(30-13-7-4-8-14-30,31-15-9-5-10-16-31)32-17-11-6-12-18-32/h4-18,25,33-34H,19-24,26-28H2,1-3H3,(H,39,45,46). The van der Waals surface area contributed by atoms with Crippen LogP contribution in [0.2, 0.25) is 0 Å². The van der Waals surface area contributed by atoms with Gasteiger partial charge in [0.05, 0.1) is 18.2 Å². The highest BCUT2D eigenvalue weighted by Crippen LogP contribution is 2.48. The SMILES string of the molecule is Cc1cn(C2CN(C(c3ccccc3)(c3ccccc3)c3ccccc3)CC(COP(Cl)N3CCN(CCN(C)C)CC3)O2)c(=O)[nH]c1=O. The largest absolute Gasteiger partial charge is 0.350 e. The first-order valence-corrected chi connectivity index (χ1v) is 19.0. The Balaban J connectivity index is 1.34. The van der Waals surface area contributed by atoms with Crippen molar-refractivity contribution in [2.45, 2.75) is 24.8 Å². The van der Waals surface area contributed by atoms with Crippen LogP contribution in [-0.4, -0.2) is 108 Å². The average molecular weight is 705 g/mol. The Morgan fingerprint density at radius 2 is 1.43 bits per heavy atom. The molecule has 0 spiro atoms. The Kier molecular flexibility index (Phi) is 11.8. The maximum atomic E-state index is 13.3. The first-order valence-electron chi connectivity index (χ1n) is 16.9. The topological polar surface area (TPSA) is 86.3 Å². The average Bonchev–Trinajstić information content (AvgIpc) is 3.13. The molecule has 49 heavy (non-hydrogen) atoms. The van der Waals surface area contributed by atoms with Crippen molar-refractivity contribution >= 4 is 18.9 Å². The molecule has 1 aromatic heterocycles. The number of H-pyrrole nitrogens is 1. The Labute approximate surface area is 294 Å². The van der Waals surface area contributed by atoms with Crippen molar-refractivity contribution in [3.05, 3.63) is 140 Å². The number of hydrogen-bond donors (Lipinski definition) is 1. The van der Waals surface area contributed by atoms with Gasteiger partial charge in [-0.1, -0.05) is 91.0 Å². The number of piperazine rings is 1. The highest BCUT2D eigenvalue weighted by molar-refractivity contribution is 7.78. The van der Waals surface area contributed by atoms with E-state index in [0.29, 0.717) is 18.7 Å². The van der Waals surface area contributed by atoms with Gasteiger partial charge < -0.3 is 14.2 Å². The summed E-state index contributed by atoms with van der Waals surface area (Å²) < 4.78 is 16.8. The van der Waals surface area contributed by atoms with Gasteiger partial charge in [0.15, 0.2) is 6.23 Å². The van der Waals surface area contributed by atoms with Crippen LogP contribution < -0.4 is 11.2 Å². The van der Waals surface area contributed by atoms with Gasteiger partial charge in [-0.2, -0.15) is 0 Å². The normalized spacial score (nSPS) is 20.4. The molecule has 10 nitrogen and oxygen atoms in total. The second kappa shape index (κ2) is 16.2. The molecule has 2 saturated heterocycles. The molecule has 2 aliphatic heterocycles. The van der Waals surface area contributed by atoms with Crippen LogP contribution in [0, 0.1) is 6.92 Å². The molecule has 0 bridgehead atoms. The number of ether oxygens (including phenoxy) is 1. The van der Waals surface area contributed by atoms with Gasteiger partial charge in [-0.15, -0.1) is 0 Å². The van der Waals surface area contributed by atoms with E-state index in [9.17, 15) is 9.59 Å². The molecule has 2 aliphatic rings. The van der Waals surface area contributed by atoms with Crippen molar-refractivity contribution in [1.82, 2.24) is 28.9 Å². The molecule has 1 N–H and O–H groups in total. The van der Waals surface area contributed by atoms with Crippen LogP contribution in [0.4, 0.5) is 0 Å². The summed E-state index contributed by atoms with van der Waals surface area (Å²) in [6, 6.07) is 31.4. The van der Waals surface area contributed by atoms with E-state index < -0.39 is 36.8 Å². The molecule has 0 aliphatic carbocycles. The van der Waals surface area contributed by atoms with Crippen LogP contribution in [-0.2, 0) is 14.8 Å². The number of aromatic nitrogens is 2. The van der Waals surface area contributed by atoms with Gasteiger partial charge in [0.2, 0.25) is 7.65 Å². The number of hydrogen-bond acceptors (Lipinski definition) is 8. The summed E-state index contributed by atoms with van der Waals surface area (Å²) in [6.07, 6.45) is 0.452. The number of nitrogens with one attached hydrogen (secondary N) is 1. The minimum absolute atomic E-state index is 0.245. The fourth-order valence-electron chi connectivity index (χ4n) is 6.91. The first kappa shape index (κ1) is 35.6. The van der Waals surface area contributed by atoms with Gasteiger partial charge in [0, 0.05) is 64.1 Å². The number of benzene rings is 3. The van der Waals surface area contributed by atoms with E-state index in [4.69, 9.17) is 20.5 Å². The zero-order valence-corrected chi connectivity index (χ0v) is 30.1. The molecule has 3 heterocycles. The lowest BCUT2D eigenvalue weighted by Gasteiger charge is -2.50. The lowest BCUT2D eigenvalue weighted by molar-refractivity contribution is -0.148. The fraction of sp³-hybridized carbons (Fsp3) is 0.405. The summed E-state index contributed by atoms with van der Waals surface area (Å²) in [5.41, 5.74) is 2.04. The minimum Gasteiger partial charge on any atom is -0.350 e. The molecule has 0 amide bonds. The molecular weight excluding hydrogens is 659 g/mol. The van der Waals surface area contributed by atoms with E-state index in [1.54, 1.807) is 13.1 Å². The van der Waals surface area contributed by atoms with E-state index in [1.807, 2.05) is 18.2 Å². The van der Waals surface area contributed by atoms with Crippen LogP contribution in [0.3, 0.4) is 0 Å². The Hall–Kier alpha value is -3.18. The van der Waals surface area contributed by atoms with Crippen LogP contribution in [0.15, 0.2) is 107 Å². The number of morpholine rings is 1. The molecule has 2 fully saturated rings. The van der Waals surface area contributed by atoms with Crippen molar-refractivity contribution in [3.8, 4) is 0 Å². The highest BCUT2D eigenvalue weighted by atomic mass is 35.7. The zero-order chi connectivity index (χ0) is 34.4. The lowest BCUT2D eigenvalue weighted by Crippen LogP contribution is -2.58. The Bertz CT molecular complexity index is 1660. The van der Waals surface area contributed by atoms with E-state index in [1.165, 1.54) is 4.57 Å². The Morgan fingerprint density at radius 1 is 0.878 bits per heavy atom. The number of likely N-dealkylation sites (N-methyl/N-ethyl adjacent to an activating group) is 1. The molecule has 260 valence electrons. The maximum absolute atomic E-state index is 13.3. The van der Waals surface area contributed by atoms with Crippen LogP contribution >= 0.6 is 18.9 Å². The summed E-state index contributed by atoms with van der Waals surface area (Å²) in [4.78, 5) is 35.2. The minimum atomic E-state index is -1.37. The van der Waals surface area contributed by atoms with Gasteiger partial charge >= 0.3 is 5.69 Å². The lowest BCUT2D eigenvalue weighted by atomic mass is 9.75. The molecule has 3 atom stereocenters. The van der Waals surface area contributed by atoms with E-state index in [0.717, 1.165) is 56.0 Å². The van der Waals surface area contributed by atoms with Gasteiger partial charge in [0.25, 0.3) is 5.56 Å². The van der Waals surface area contributed by atoms with Gasteiger partial charge in [-0.25, -0.2) is 9.46 Å². The number of halogens is 1.